The molecule has 1 aromatic carbocycles. The van der Waals surface area contributed by atoms with Crippen molar-refractivity contribution in [2.45, 2.75) is 26.7 Å². The molecule has 0 saturated carbocycles. The molecule has 3 N–H and O–H groups in total. The van der Waals surface area contributed by atoms with Gasteiger partial charge in [0.05, 0.1) is 12.2 Å². The summed E-state index contributed by atoms with van der Waals surface area (Å²) in [7, 11) is 0. The first-order valence-electron chi connectivity index (χ1n) is 6.88. The lowest BCUT2D eigenvalue weighted by Crippen LogP contribution is -2.13. The first-order valence-corrected chi connectivity index (χ1v) is 6.88. The molecule has 1 heterocycles. The van der Waals surface area contributed by atoms with E-state index in [2.05, 4.69) is 15.4 Å². The van der Waals surface area contributed by atoms with Gasteiger partial charge < -0.3 is 14.9 Å². The van der Waals surface area contributed by atoms with Gasteiger partial charge in [0.25, 0.3) is 0 Å². The van der Waals surface area contributed by atoms with E-state index in [-0.39, 0.29) is 5.92 Å². The number of ether oxygens (including phenoxy) is 2. The molecule has 0 aliphatic rings. The Morgan fingerprint density at radius 2 is 1.81 bits per heavy atom. The van der Waals surface area contributed by atoms with Gasteiger partial charge in [-0.2, -0.15) is 0 Å². The topological polar surface area (TPSA) is 82.3 Å². The van der Waals surface area contributed by atoms with Crippen LogP contribution in [0.25, 0.3) is 0 Å². The summed E-state index contributed by atoms with van der Waals surface area (Å²) in [5.74, 6) is 8.22. The number of nitrogens with two attached hydrogens (primary N) is 1. The smallest absolute Gasteiger partial charge is 0.227 e. The van der Waals surface area contributed by atoms with Gasteiger partial charge in [0.15, 0.2) is 5.82 Å². The summed E-state index contributed by atoms with van der Waals surface area (Å²) in [5.41, 5.74) is 3.42. The summed E-state index contributed by atoms with van der Waals surface area (Å²) in [6, 6.07) is 7.40. The van der Waals surface area contributed by atoms with E-state index in [4.69, 9.17) is 15.3 Å². The molecule has 2 aromatic rings. The number of anilines is 1. The van der Waals surface area contributed by atoms with Gasteiger partial charge in [-0.25, -0.2) is 15.8 Å². The van der Waals surface area contributed by atoms with Gasteiger partial charge in [0.2, 0.25) is 5.88 Å². The van der Waals surface area contributed by atoms with Crippen LogP contribution in [0, 0.1) is 0 Å². The number of nitrogens with one attached hydrogen (secondary N) is 1. The minimum absolute atomic E-state index is 0.176. The van der Waals surface area contributed by atoms with Crippen molar-refractivity contribution in [2.24, 2.45) is 5.84 Å². The molecule has 6 nitrogen and oxygen atoms in total. The molecule has 0 aliphatic carbocycles. The Hall–Kier alpha value is -2.34. The highest BCUT2D eigenvalue weighted by molar-refractivity contribution is 5.50. The van der Waals surface area contributed by atoms with Crippen LogP contribution in [0.5, 0.6) is 17.4 Å². The van der Waals surface area contributed by atoms with E-state index < -0.39 is 0 Å². The Kier molecular flexibility index (Phi) is 4.94. The van der Waals surface area contributed by atoms with Gasteiger partial charge in [0, 0.05) is 0 Å². The second-order valence-corrected chi connectivity index (χ2v) is 4.75. The standard InChI is InChI=1S/C15H20N4O2/c1-4-20-11-5-7-12(8-6-11)21-15-13(10(2)3)14(19-16)17-9-18-15/h5-10H,4,16H2,1-3H3,(H,17,18,19). The van der Waals surface area contributed by atoms with Crippen molar-refractivity contribution in [2.75, 3.05) is 12.0 Å². The molecule has 1 aromatic heterocycles. The number of aromatic nitrogens is 2. The summed E-state index contributed by atoms with van der Waals surface area (Å²) in [6.07, 6.45) is 1.42. The number of hydrogen-bond acceptors (Lipinski definition) is 6. The number of hydrazine groups is 1. The fourth-order valence-electron chi connectivity index (χ4n) is 1.98. The van der Waals surface area contributed by atoms with E-state index in [0.717, 1.165) is 11.3 Å². The molecule has 0 bridgehead atoms. The maximum Gasteiger partial charge on any atom is 0.227 e. The normalized spacial score (nSPS) is 10.5. The third-order valence-electron chi connectivity index (χ3n) is 2.91. The molecular weight excluding hydrogens is 268 g/mol. The zero-order valence-corrected chi connectivity index (χ0v) is 12.5. The van der Waals surface area contributed by atoms with Crippen LogP contribution in [0.4, 0.5) is 5.82 Å². The van der Waals surface area contributed by atoms with E-state index in [0.29, 0.717) is 24.1 Å². The quantitative estimate of drug-likeness (QED) is 0.628. The van der Waals surface area contributed by atoms with Crippen LogP contribution in [-0.4, -0.2) is 16.6 Å². The first kappa shape index (κ1) is 15.1. The van der Waals surface area contributed by atoms with Crippen molar-refractivity contribution in [1.82, 2.24) is 9.97 Å². The maximum absolute atomic E-state index is 5.84. The van der Waals surface area contributed by atoms with Gasteiger partial charge in [-0.15, -0.1) is 0 Å². The fourth-order valence-corrected chi connectivity index (χ4v) is 1.98. The molecule has 21 heavy (non-hydrogen) atoms. The number of benzene rings is 1. The highest BCUT2D eigenvalue weighted by Gasteiger charge is 2.16. The van der Waals surface area contributed by atoms with Gasteiger partial charge in [0.1, 0.15) is 17.8 Å². The highest BCUT2D eigenvalue weighted by atomic mass is 16.5. The lowest BCUT2D eigenvalue weighted by Gasteiger charge is -2.15. The van der Waals surface area contributed by atoms with Crippen molar-refractivity contribution >= 4 is 5.82 Å². The third kappa shape index (κ3) is 3.61. The number of nitrogen functional groups attached to an aromatic ring is 1. The summed E-state index contributed by atoms with van der Waals surface area (Å²) < 4.78 is 11.2. The molecule has 2 rings (SSSR count). The van der Waals surface area contributed by atoms with Crippen molar-refractivity contribution in [3.63, 3.8) is 0 Å². The summed E-state index contributed by atoms with van der Waals surface area (Å²) in [4.78, 5) is 8.31. The summed E-state index contributed by atoms with van der Waals surface area (Å²) >= 11 is 0. The van der Waals surface area contributed by atoms with Crippen LogP contribution in [0.15, 0.2) is 30.6 Å². The van der Waals surface area contributed by atoms with Gasteiger partial charge in [-0.05, 0) is 37.1 Å². The second kappa shape index (κ2) is 6.90. The number of rotatable bonds is 6. The maximum atomic E-state index is 5.84. The molecule has 0 saturated heterocycles. The van der Waals surface area contributed by atoms with Gasteiger partial charge in [-0.1, -0.05) is 13.8 Å². The van der Waals surface area contributed by atoms with Crippen LogP contribution in [0.1, 0.15) is 32.3 Å². The third-order valence-corrected chi connectivity index (χ3v) is 2.91. The Morgan fingerprint density at radius 1 is 1.14 bits per heavy atom. The lowest BCUT2D eigenvalue weighted by atomic mass is 10.1. The Labute approximate surface area is 124 Å². The lowest BCUT2D eigenvalue weighted by molar-refractivity contribution is 0.339. The molecule has 0 amide bonds. The van der Waals surface area contributed by atoms with Crippen molar-refractivity contribution < 1.29 is 9.47 Å². The van der Waals surface area contributed by atoms with E-state index >= 15 is 0 Å². The minimum Gasteiger partial charge on any atom is -0.494 e. The Balaban J connectivity index is 2.26. The Bertz CT molecular complexity index is 585. The van der Waals surface area contributed by atoms with Crippen LogP contribution in [0.3, 0.4) is 0 Å². The Morgan fingerprint density at radius 3 is 2.38 bits per heavy atom. The molecule has 0 atom stereocenters. The average Bonchev–Trinajstić information content (AvgIpc) is 2.49. The zero-order chi connectivity index (χ0) is 15.2. The molecule has 0 aliphatic heterocycles. The van der Waals surface area contributed by atoms with Crippen LogP contribution >= 0.6 is 0 Å². The molecule has 0 radical (unpaired) electrons. The minimum atomic E-state index is 0.176. The second-order valence-electron chi connectivity index (χ2n) is 4.75. The van der Waals surface area contributed by atoms with Crippen molar-refractivity contribution in [3.05, 3.63) is 36.2 Å². The highest BCUT2D eigenvalue weighted by Crippen LogP contribution is 2.32. The predicted molar refractivity (Wildman–Crippen MR) is 81.6 cm³/mol. The first-order chi connectivity index (χ1) is 10.2. The largest absolute Gasteiger partial charge is 0.494 e. The van der Waals surface area contributed by atoms with E-state index in [1.54, 1.807) is 0 Å². The molecule has 112 valence electrons. The fraction of sp³-hybridized carbons (Fsp3) is 0.333. The summed E-state index contributed by atoms with van der Waals surface area (Å²) in [5, 5.41) is 0. The van der Waals surface area contributed by atoms with E-state index in [1.807, 2.05) is 45.0 Å². The monoisotopic (exact) mass is 288 g/mol. The van der Waals surface area contributed by atoms with E-state index in [9.17, 15) is 0 Å². The van der Waals surface area contributed by atoms with E-state index in [1.165, 1.54) is 6.33 Å². The molecule has 0 spiro atoms. The molecule has 0 unspecified atom stereocenters. The molecule has 6 heteroatoms. The van der Waals surface area contributed by atoms with Crippen LogP contribution < -0.4 is 20.7 Å². The van der Waals surface area contributed by atoms with Crippen molar-refractivity contribution in [1.29, 1.82) is 0 Å². The molecule has 0 fully saturated rings. The zero-order valence-electron chi connectivity index (χ0n) is 12.5. The van der Waals surface area contributed by atoms with Crippen LogP contribution in [0.2, 0.25) is 0 Å². The average molecular weight is 288 g/mol. The number of nitrogens with zero attached hydrogens (tertiary/aromatic N) is 2. The molecular formula is C15H20N4O2. The van der Waals surface area contributed by atoms with Gasteiger partial charge >= 0.3 is 0 Å². The van der Waals surface area contributed by atoms with Gasteiger partial charge in [-0.3, -0.25) is 0 Å². The number of hydrogen-bond donors (Lipinski definition) is 2. The van der Waals surface area contributed by atoms with Crippen molar-refractivity contribution in [3.8, 4) is 17.4 Å². The van der Waals surface area contributed by atoms with Crippen LogP contribution in [-0.2, 0) is 0 Å². The summed E-state index contributed by atoms with van der Waals surface area (Å²) in [6.45, 7) is 6.64. The predicted octanol–water partition coefficient (Wildman–Crippen LogP) is 3.08. The SMILES string of the molecule is CCOc1ccc(Oc2ncnc(NN)c2C(C)C)cc1.